The Kier molecular flexibility index (Phi) is 5.73. The van der Waals surface area contributed by atoms with Gasteiger partial charge in [-0.1, -0.05) is 42.5 Å². The summed E-state index contributed by atoms with van der Waals surface area (Å²) < 4.78 is 7.06. The molecule has 0 amide bonds. The highest BCUT2D eigenvalue weighted by Crippen LogP contribution is 2.41. The molecule has 3 saturated heterocycles. The van der Waals surface area contributed by atoms with E-state index in [1.54, 1.807) is 23.5 Å². The average molecular weight is 455 g/mol. The van der Waals surface area contributed by atoms with Crippen LogP contribution >= 0.6 is 22.7 Å². The molecule has 1 unspecified atom stereocenters. The van der Waals surface area contributed by atoms with Gasteiger partial charge in [-0.25, -0.2) is 4.79 Å². The monoisotopic (exact) mass is 454 g/mol. The second-order valence-electron chi connectivity index (χ2n) is 8.81. The number of benzene rings is 1. The highest BCUT2D eigenvalue weighted by molar-refractivity contribution is 7.10. The van der Waals surface area contributed by atoms with Gasteiger partial charge in [-0.3, -0.25) is 4.48 Å². The summed E-state index contributed by atoms with van der Waals surface area (Å²) in [6, 6.07) is 17.2. The number of quaternary nitrogens is 1. The summed E-state index contributed by atoms with van der Waals surface area (Å²) in [5.74, 6) is 0.0680. The van der Waals surface area contributed by atoms with Gasteiger partial charge in [-0.15, -0.1) is 22.7 Å². The van der Waals surface area contributed by atoms with E-state index in [0.717, 1.165) is 37.0 Å². The van der Waals surface area contributed by atoms with Gasteiger partial charge in [-0.05, 0) is 28.8 Å². The van der Waals surface area contributed by atoms with Crippen molar-refractivity contribution in [3.63, 3.8) is 0 Å². The van der Waals surface area contributed by atoms with Crippen LogP contribution in [-0.4, -0.2) is 41.4 Å². The van der Waals surface area contributed by atoms with E-state index < -0.39 is 11.6 Å². The van der Waals surface area contributed by atoms with E-state index in [4.69, 9.17) is 4.74 Å². The number of nitrogens with zero attached hydrogens (tertiary/aromatic N) is 1. The number of thiophene rings is 2. The number of esters is 1. The Bertz CT molecular complexity index is 995. The van der Waals surface area contributed by atoms with Crippen molar-refractivity contribution in [3.8, 4) is 0 Å². The minimum atomic E-state index is -1.77. The molecule has 1 aromatic carbocycles. The van der Waals surface area contributed by atoms with Crippen LogP contribution in [-0.2, 0) is 21.6 Å². The number of ether oxygens (including phenoxy) is 1. The molecule has 3 aromatic rings. The standard InChI is InChI=1S/C25H28NO3S2/c27-24(25(28,22-9-5-17-31-22)20-6-2-1-3-7-20)29-23-18-19-10-13-26(23,14-11-19)15-12-21-8-4-16-30-21/h1-9,16-17,19,23,28H,10-15,18H2/q+1/t19?,23-,25?,26?/m1/s1. The molecule has 5 heterocycles. The fourth-order valence-corrected chi connectivity index (χ4v) is 6.75. The first-order chi connectivity index (χ1) is 15.1. The van der Waals surface area contributed by atoms with E-state index in [1.165, 1.54) is 29.1 Å². The minimum Gasteiger partial charge on any atom is -0.410 e. The van der Waals surface area contributed by atoms with Crippen molar-refractivity contribution in [2.24, 2.45) is 5.92 Å². The predicted molar refractivity (Wildman–Crippen MR) is 124 cm³/mol. The van der Waals surface area contributed by atoms with Crippen molar-refractivity contribution >= 4 is 28.6 Å². The quantitative estimate of drug-likeness (QED) is 0.413. The van der Waals surface area contributed by atoms with Crippen molar-refractivity contribution in [3.05, 3.63) is 80.7 Å². The first-order valence-electron chi connectivity index (χ1n) is 11.0. The number of rotatable bonds is 7. The molecule has 2 aromatic heterocycles. The Hall–Kier alpha value is -1.99. The fourth-order valence-electron chi connectivity index (χ4n) is 5.22. The highest BCUT2D eigenvalue weighted by Gasteiger charge is 2.52. The Morgan fingerprint density at radius 1 is 1.03 bits per heavy atom. The Morgan fingerprint density at radius 2 is 1.77 bits per heavy atom. The van der Waals surface area contributed by atoms with Crippen LogP contribution in [0, 0.1) is 5.92 Å². The molecule has 162 valence electrons. The maximum absolute atomic E-state index is 13.6. The van der Waals surface area contributed by atoms with Gasteiger partial charge in [0.15, 0.2) is 0 Å². The van der Waals surface area contributed by atoms with Crippen molar-refractivity contribution in [1.82, 2.24) is 0 Å². The smallest absolute Gasteiger partial charge is 0.353 e. The number of hydrogen-bond donors (Lipinski definition) is 1. The zero-order chi connectivity index (χ0) is 21.3. The molecule has 2 atom stereocenters. The molecule has 3 fully saturated rings. The lowest BCUT2D eigenvalue weighted by Gasteiger charge is -2.53. The van der Waals surface area contributed by atoms with E-state index in [2.05, 4.69) is 17.5 Å². The molecular weight excluding hydrogens is 426 g/mol. The van der Waals surface area contributed by atoms with Crippen LogP contribution in [0.15, 0.2) is 65.4 Å². The summed E-state index contributed by atoms with van der Waals surface area (Å²) in [5, 5.41) is 15.7. The first-order valence-corrected chi connectivity index (χ1v) is 12.8. The predicted octanol–water partition coefficient (Wildman–Crippen LogP) is 4.79. The molecule has 2 bridgehead atoms. The normalized spacial score (nSPS) is 27.0. The number of carbonyl (C=O) groups is 1. The fraction of sp³-hybridized carbons (Fsp3) is 0.400. The molecule has 31 heavy (non-hydrogen) atoms. The van der Waals surface area contributed by atoms with Crippen molar-refractivity contribution in [2.45, 2.75) is 37.5 Å². The molecule has 0 radical (unpaired) electrons. The maximum Gasteiger partial charge on any atom is 0.353 e. The molecular formula is C25H28NO3S2+. The Balaban J connectivity index is 1.42. The van der Waals surface area contributed by atoms with E-state index in [9.17, 15) is 9.90 Å². The van der Waals surface area contributed by atoms with E-state index in [1.807, 2.05) is 35.7 Å². The summed E-state index contributed by atoms with van der Waals surface area (Å²) in [7, 11) is 0. The van der Waals surface area contributed by atoms with Crippen LogP contribution < -0.4 is 0 Å². The Labute approximate surface area is 191 Å². The molecule has 4 nitrogen and oxygen atoms in total. The van der Waals surface area contributed by atoms with Crippen molar-refractivity contribution in [2.75, 3.05) is 19.6 Å². The second kappa shape index (κ2) is 8.51. The lowest BCUT2D eigenvalue weighted by atomic mass is 9.84. The zero-order valence-corrected chi connectivity index (χ0v) is 19.1. The lowest BCUT2D eigenvalue weighted by molar-refractivity contribution is -0.984. The van der Waals surface area contributed by atoms with Crippen LogP contribution in [0.25, 0.3) is 0 Å². The molecule has 1 N–H and O–H groups in total. The van der Waals surface area contributed by atoms with Crippen molar-refractivity contribution in [1.29, 1.82) is 0 Å². The van der Waals surface area contributed by atoms with E-state index in [-0.39, 0.29) is 6.23 Å². The number of aliphatic hydroxyl groups is 1. The van der Waals surface area contributed by atoms with Gasteiger partial charge in [-0.2, -0.15) is 0 Å². The van der Waals surface area contributed by atoms with E-state index >= 15 is 0 Å². The molecule has 0 spiro atoms. The molecule has 0 aliphatic carbocycles. The Morgan fingerprint density at radius 3 is 2.45 bits per heavy atom. The maximum atomic E-state index is 13.6. The molecule has 3 aliphatic rings. The summed E-state index contributed by atoms with van der Waals surface area (Å²) in [6.07, 6.45) is 4.12. The van der Waals surface area contributed by atoms with Crippen LogP contribution in [0.4, 0.5) is 0 Å². The van der Waals surface area contributed by atoms with Crippen molar-refractivity contribution < 1.29 is 19.1 Å². The second-order valence-corrected chi connectivity index (χ2v) is 10.8. The summed E-state index contributed by atoms with van der Waals surface area (Å²) in [5.41, 5.74) is -1.21. The highest BCUT2D eigenvalue weighted by atomic mass is 32.1. The summed E-state index contributed by atoms with van der Waals surface area (Å²) in [4.78, 5) is 15.6. The van der Waals surface area contributed by atoms with Gasteiger partial charge in [0.1, 0.15) is 0 Å². The third-order valence-electron chi connectivity index (χ3n) is 7.10. The van der Waals surface area contributed by atoms with E-state index in [0.29, 0.717) is 16.4 Å². The van der Waals surface area contributed by atoms with Crippen LogP contribution in [0.1, 0.15) is 34.6 Å². The van der Waals surface area contributed by atoms with Gasteiger partial charge >= 0.3 is 5.97 Å². The first kappa shape index (κ1) is 20.9. The van der Waals surface area contributed by atoms with Gasteiger partial charge in [0.05, 0.1) is 24.5 Å². The number of piperidine rings is 3. The zero-order valence-electron chi connectivity index (χ0n) is 17.5. The largest absolute Gasteiger partial charge is 0.410 e. The van der Waals surface area contributed by atoms with Crippen LogP contribution in [0.2, 0.25) is 0 Å². The van der Waals surface area contributed by atoms with Gasteiger partial charge < -0.3 is 9.84 Å². The van der Waals surface area contributed by atoms with Crippen LogP contribution in [0.5, 0.6) is 0 Å². The average Bonchev–Trinajstić information content (AvgIpc) is 3.53. The van der Waals surface area contributed by atoms with Gasteiger partial charge in [0.2, 0.25) is 11.8 Å². The molecule has 0 saturated carbocycles. The summed E-state index contributed by atoms with van der Waals surface area (Å²) >= 11 is 3.18. The number of hydrogen-bond acceptors (Lipinski definition) is 5. The van der Waals surface area contributed by atoms with Gasteiger partial charge in [0.25, 0.3) is 0 Å². The number of fused-ring (bicyclic) bond motifs is 3. The minimum absolute atomic E-state index is 0.185. The topological polar surface area (TPSA) is 46.5 Å². The lowest BCUT2D eigenvalue weighted by Crippen LogP contribution is -2.66. The summed E-state index contributed by atoms with van der Waals surface area (Å²) in [6.45, 7) is 3.08. The SMILES string of the molecule is O=C(O[C@@H]1CC2CC[N+]1(CCc1cccs1)CC2)C(O)(c1ccccc1)c1cccs1. The third-order valence-corrected chi connectivity index (χ3v) is 9.02. The molecule has 6 rings (SSSR count). The van der Waals surface area contributed by atoms with Crippen LogP contribution in [0.3, 0.4) is 0 Å². The molecule has 3 aliphatic heterocycles. The third kappa shape index (κ3) is 3.87. The van der Waals surface area contributed by atoms with Gasteiger partial charge in [0, 0.05) is 36.1 Å². The number of carbonyl (C=O) groups excluding carboxylic acids is 1. The molecule has 6 heteroatoms.